The van der Waals surface area contributed by atoms with Gasteiger partial charge in [0.2, 0.25) is 0 Å². The van der Waals surface area contributed by atoms with Crippen molar-refractivity contribution in [2.45, 2.75) is 0 Å². The second-order valence-corrected chi connectivity index (χ2v) is 6.80. The fourth-order valence-electron chi connectivity index (χ4n) is 2.86. The standard InChI is InChI=1S/C17H16FIN8O/c1-21-11-5-8(18)4-10-12-14(22-3-2-20)26-17(27-15(12)25-13(10)11)28-9-6-23-16(19)24-7-9/h4-7,21H,2-3,20H2,1H3,(H2,22,25,26,27). The zero-order chi connectivity index (χ0) is 19.7. The molecule has 0 aliphatic carbocycles. The van der Waals surface area contributed by atoms with Crippen LogP contribution in [-0.4, -0.2) is 45.1 Å². The lowest BCUT2D eigenvalue weighted by molar-refractivity contribution is 0.440. The van der Waals surface area contributed by atoms with Crippen LogP contribution in [0.1, 0.15) is 0 Å². The van der Waals surface area contributed by atoms with Crippen LogP contribution < -0.4 is 21.1 Å². The Hall–Kier alpha value is -2.80. The SMILES string of the molecule is CNc1cc(F)cc2c1[nH]c1nc(Oc3cnc(I)nc3)nc(NCCN)c12. The molecule has 9 nitrogen and oxygen atoms in total. The van der Waals surface area contributed by atoms with Gasteiger partial charge in [-0.05, 0) is 12.1 Å². The summed E-state index contributed by atoms with van der Waals surface area (Å²) in [5.74, 6) is 0.539. The number of benzene rings is 1. The highest BCUT2D eigenvalue weighted by Gasteiger charge is 2.17. The van der Waals surface area contributed by atoms with Crippen molar-refractivity contribution in [1.82, 2.24) is 24.9 Å². The van der Waals surface area contributed by atoms with E-state index in [9.17, 15) is 4.39 Å². The van der Waals surface area contributed by atoms with Crippen LogP contribution in [0.4, 0.5) is 15.9 Å². The molecule has 4 rings (SSSR count). The first-order valence-electron chi connectivity index (χ1n) is 8.39. The Morgan fingerprint density at radius 1 is 1.25 bits per heavy atom. The third kappa shape index (κ3) is 3.49. The van der Waals surface area contributed by atoms with Crippen LogP contribution in [0.15, 0.2) is 24.5 Å². The van der Waals surface area contributed by atoms with Gasteiger partial charge in [-0.25, -0.2) is 14.4 Å². The average Bonchev–Trinajstić information content (AvgIpc) is 3.05. The summed E-state index contributed by atoms with van der Waals surface area (Å²) in [6.07, 6.45) is 3.07. The van der Waals surface area contributed by atoms with E-state index in [4.69, 9.17) is 10.5 Å². The third-order valence-corrected chi connectivity index (χ3v) is 4.57. The van der Waals surface area contributed by atoms with Crippen LogP contribution in [0.2, 0.25) is 0 Å². The maximum atomic E-state index is 14.1. The number of halogens is 2. The maximum absolute atomic E-state index is 14.1. The molecule has 3 heterocycles. The van der Waals surface area contributed by atoms with Gasteiger partial charge in [0.1, 0.15) is 17.3 Å². The van der Waals surface area contributed by atoms with Gasteiger partial charge in [0, 0.05) is 48.1 Å². The second-order valence-electron chi connectivity index (χ2n) is 5.83. The third-order valence-electron chi connectivity index (χ3n) is 4.02. The molecule has 3 aromatic heterocycles. The van der Waals surface area contributed by atoms with Crippen molar-refractivity contribution in [3.8, 4) is 11.8 Å². The summed E-state index contributed by atoms with van der Waals surface area (Å²) >= 11 is 2.00. The average molecular weight is 494 g/mol. The number of hydrogen-bond donors (Lipinski definition) is 4. The predicted molar refractivity (Wildman–Crippen MR) is 113 cm³/mol. The van der Waals surface area contributed by atoms with Crippen molar-refractivity contribution in [3.63, 3.8) is 0 Å². The van der Waals surface area contributed by atoms with Crippen molar-refractivity contribution in [3.05, 3.63) is 34.2 Å². The van der Waals surface area contributed by atoms with Gasteiger partial charge in [0.25, 0.3) is 0 Å². The number of anilines is 2. The number of fused-ring (bicyclic) bond motifs is 3. The molecule has 0 radical (unpaired) electrons. The van der Waals surface area contributed by atoms with Gasteiger partial charge < -0.3 is 26.1 Å². The summed E-state index contributed by atoms with van der Waals surface area (Å²) in [5, 5.41) is 7.46. The lowest BCUT2D eigenvalue weighted by atomic mass is 10.1. The number of aromatic nitrogens is 5. The number of H-pyrrole nitrogens is 1. The highest BCUT2D eigenvalue weighted by atomic mass is 127. The number of nitrogens with one attached hydrogen (secondary N) is 3. The molecule has 0 saturated heterocycles. The molecule has 0 unspecified atom stereocenters. The molecule has 0 saturated carbocycles. The van der Waals surface area contributed by atoms with E-state index in [0.29, 0.717) is 50.6 Å². The van der Waals surface area contributed by atoms with Crippen molar-refractivity contribution in [2.24, 2.45) is 5.73 Å². The summed E-state index contributed by atoms with van der Waals surface area (Å²) in [5.41, 5.74) is 7.47. The quantitative estimate of drug-likeness (QED) is 0.238. The summed E-state index contributed by atoms with van der Waals surface area (Å²) in [7, 11) is 1.73. The van der Waals surface area contributed by atoms with E-state index in [1.54, 1.807) is 7.05 Å². The maximum Gasteiger partial charge on any atom is 0.326 e. The minimum Gasteiger partial charge on any atom is -0.421 e. The van der Waals surface area contributed by atoms with Crippen molar-refractivity contribution in [2.75, 3.05) is 30.8 Å². The molecule has 1 aromatic carbocycles. The highest BCUT2D eigenvalue weighted by Crippen LogP contribution is 2.35. The van der Waals surface area contributed by atoms with Crippen LogP contribution in [0.3, 0.4) is 0 Å². The number of aromatic amines is 1. The molecular formula is C17H16FIN8O. The Morgan fingerprint density at radius 2 is 2.04 bits per heavy atom. The number of rotatable bonds is 6. The van der Waals surface area contributed by atoms with E-state index in [0.717, 1.165) is 5.52 Å². The minimum atomic E-state index is -0.362. The first-order valence-corrected chi connectivity index (χ1v) is 9.47. The molecule has 28 heavy (non-hydrogen) atoms. The highest BCUT2D eigenvalue weighted by molar-refractivity contribution is 14.1. The van der Waals surface area contributed by atoms with Gasteiger partial charge in [-0.1, -0.05) is 0 Å². The number of nitrogens with zero attached hydrogens (tertiary/aromatic N) is 4. The number of ether oxygens (including phenoxy) is 1. The van der Waals surface area contributed by atoms with Crippen molar-refractivity contribution < 1.29 is 9.13 Å². The van der Waals surface area contributed by atoms with E-state index in [2.05, 4.69) is 35.6 Å². The van der Waals surface area contributed by atoms with Gasteiger partial charge in [0.15, 0.2) is 9.58 Å². The Balaban J connectivity index is 1.88. The molecule has 0 fully saturated rings. The van der Waals surface area contributed by atoms with Gasteiger partial charge >= 0.3 is 6.01 Å². The van der Waals surface area contributed by atoms with E-state index in [1.807, 2.05) is 22.6 Å². The second kappa shape index (κ2) is 7.67. The molecule has 0 bridgehead atoms. The lowest BCUT2D eigenvalue weighted by Gasteiger charge is -2.09. The van der Waals surface area contributed by atoms with E-state index in [-0.39, 0.29) is 11.8 Å². The van der Waals surface area contributed by atoms with Crippen LogP contribution in [0.5, 0.6) is 11.8 Å². The van der Waals surface area contributed by atoms with Crippen LogP contribution in [0.25, 0.3) is 21.9 Å². The molecule has 11 heteroatoms. The summed E-state index contributed by atoms with van der Waals surface area (Å²) in [6, 6.07) is 2.97. The van der Waals surface area contributed by atoms with Crippen molar-refractivity contribution >= 4 is 56.0 Å². The fourth-order valence-corrected chi connectivity index (χ4v) is 3.14. The zero-order valence-corrected chi connectivity index (χ0v) is 16.9. The van der Waals surface area contributed by atoms with E-state index >= 15 is 0 Å². The molecule has 4 aromatic rings. The number of nitrogens with two attached hydrogens (primary N) is 1. The first-order chi connectivity index (χ1) is 13.6. The molecular weight excluding hydrogens is 478 g/mol. The van der Waals surface area contributed by atoms with E-state index < -0.39 is 0 Å². The normalized spacial score (nSPS) is 11.1. The molecule has 0 aliphatic heterocycles. The molecule has 0 amide bonds. The molecule has 0 atom stereocenters. The Bertz CT molecular complexity index is 1150. The van der Waals surface area contributed by atoms with E-state index in [1.165, 1.54) is 24.5 Å². The Morgan fingerprint density at radius 3 is 2.75 bits per heavy atom. The fraction of sp³-hybridized carbons (Fsp3) is 0.176. The summed E-state index contributed by atoms with van der Waals surface area (Å²) in [4.78, 5) is 20.3. The topological polar surface area (TPSA) is 127 Å². The molecule has 5 N–H and O–H groups in total. The van der Waals surface area contributed by atoms with Gasteiger partial charge in [-0.2, -0.15) is 9.97 Å². The van der Waals surface area contributed by atoms with Crippen LogP contribution in [-0.2, 0) is 0 Å². The Kier molecular flexibility index (Phi) is 5.09. The molecule has 0 spiro atoms. The first kappa shape index (κ1) is 18.6. The van der Waals surface area contributed by atoms with Crippen LogP contribution >= 0.6 is 22.6 Å². The predicted octanol–water partition coefficient (Wildman–Crippen LogP) is 2.85. The number of hydrogen-bond acceptors (Lipinski definition) is 8. The van der Waals surface area contributed by atoms with Gasteiger partial charge in [-0.3, -0.25) is 0 Å². The van der Waals surface area contributed by atoms with Crippen LogP contribution in [0, 0.1) is 9.65 Å². The lowest BCUT2D eigenvalue weighted by Crippen LogP contribution is -2.14. The summed E-state index contributed by atoms with van der Waals surface area (Å²) < 4.78 is 20.4. The minimum absolute atomic E-state index is 0.106. The summed E-state index contributed by atoms with van der Waals surface area (Å²) in [6.45, 7) is 0.893. The molecule has 144 valence electrons. The van der Waals surface area contributed by atoms with Gasteiger partial charge in [0.05, 0.1) is 29.0 Å². The van der Waals surface area contributed by atoms with Gasteiger partial charge in [-0.15, -0.1) is 0 Å². The van der Waals surface area contributed by atoms with Crippen molar-refractivity contribution in [1.29, 1.82) is 0 Å². The zero-order valence-electron chi connectivity index (χ0n) is 14.8. The largest absolute Gasteiger partial charge is 0.421 e. The molecule has 0 aliphatic rings. The Labute approximate surface area is 172 Å². The monoisotopic (exact) mass is 494 g/mol. The smallest absolute Gasteiger partial charge is 0.326 e.